The van der Waals surface area contributed by atoms with Crippen LogP contribution in [0, 0.1) is 11.3 Å². The van der Waals surface area contributed by atoms with E-state index < -0.39 is 11.0 Å². The molecule has 1 aromatic rings. The third-order valence-electron chi connectivity index (χ3n) is 8.34. The molecule has 4 fully saturated rings. The maximum absolute atomic E-state index is 13.4. The number of anilines is 1. The number of esters is 1. The van der Waals surface area contributed by atoms with Crippen LogP contribution in [0.25, 0.3) is 0 Å². The molecule has 0 unspecified atom stereocenters. The van der Waals surface area contributed by atoms with Crippen LogP contribution < -0.4 is 5.32 Å². The number of methoxy groups -OCH3 is 1. The van der Waals surface area contributed by atoms with Crippen LogP contribution in [0.2, 0.25) is 0 Å². The van der Waals surface area contributed by atoms with Crippen molar-refractivity contribution in [1.82, 2.24) is 4.90 Å². The van der Waals surface area contributed by atoms with Crippen molar-refractivity contribution in [3.63, 3.8) is 0 Å². The molecule has 3 heterocycles. The maximum atomic E-state index is 13.4. The Morgan fingerprint density at radius 1 is 1.27 bits per heavy atom. The summed E-state index contributed by atoms with van der Waals surface area (Å²) in [6.45, 7) is 1.83. The molecule has 0 aromatic heterocycles. The lowest BCUT2D eigenvalue weighted by molar-refractivity contribution is -0.163. The third-order valence-corrected chi connectivity index (χ3v) is 8.34. The number of hydrogen-bond acceptors (Lipinski definition) is 5. The predicted octanol–water partition coefficient (Wildman–Crippen LogP) is 2.11. The quantitative estimate of drug-likeness (QED) is 0.785. The van der Waals surface area contributed by atoms with Crippen molar-refractivity contribution >= 4 is 17.4 Å². The van der Waals surface area contributed by atoms with E-state index in [0.717, 1.165) is 44.5 Å². The Labute approximate surface area is 153 Å². The van der Waals surface area contributed by atoms with Crippen molar-refractivity contribution < 1.29 is 14.3 Å². The first-order valence-electron chi connectivity index (χ1n) is 9.82. The fraction of sp³-hybridized carbons (Fsp3) is 0.619. The van der Waals surface area contributed by atoms with Gasteiger partial charge in [0.25, 0.3) is 0 Å². The number of rotatable bonds is 1. The maximum Gasteiger partial charge on any atom is 0.332 e. The van der Waals surface area contributed by atoms with Gasteiger partial charge >= 0.3 is 5.97 Å². The Morgan fingerprint density at radius 2 is 2.12 bits per heavy atom. The molecule has 2 saturated heterocycles. The van der Waals surface area contributed by atoms with Crippen molar-refractivity contribution in [3.8, 4) is 0 Å². The van der Waals surface area contributed by atoms with Gasteiger partial charge in [0.15, 0.2) is 0 Å². The van der Waals surface area contributed by atoms with Gasteiger partial charge in [-0.2, -0.15) is 0 Å². The van der Waals surface area contributed by atoms with E-state index in [2.05, 4.69) is 22.3 Å². The average molecular weight is 352 g/mol. The van der Waals surface area contributed by atoms with E-state index >= 15 is 0 Å². The zero-order valence-corrected chi connectivity index (χ0v) is 15.1. The Kier molecular flexibility index (Phi) is 2.63. The summed E-state index contributed by atoms with van der Waals surface area (Å²) < 4.78 is 5.36. The summed E-state index contributed by atoms with van der Waals surface area (Å²) in [6, 6.07) is 8.52. The van der Waals surface area contributed by atoms with E-state index in [1.165, 1.54) is 12.7 Å². The number of hydrogen-bond donors (Lipinski definition) is 1. The lowest BCUT2D eigenvalue weighted by atomic mass is 9.41. The minimum atomic E-state index is -0.813. The lowest BCUT2D eigenvalue weighted by Gasteiger charge is -2.63. The number of Topliss-reactive ketones (excluding diaryl/α,β-unsaturated/α-hetero) is 1. The largest absolute Gasteiger partial charge is 0.467 e. The number of ketones is 1. The van der Waals surface area contributed by atoms with Crippen LogP contribution in [-0.4, -0.2) is 48.4 Å². The Bertz CT molecular complexity index is 853. The van der Waals surface area contributed by atoms with Gasteiger partial charge in [-0.25, -0.2) is 4.79 Å². The molecule has 5 nitrogen and oxygen atoms in total. The van der Waals surface area contributed by atoms with Gasteiger partial charge in [-0.15, -0.1) is 0 Å². The highest BCUT2D eigenvalue weighted by atomic mass is 16.5. The second kappa shape index (κ2) is 4.50. The Morgan fingerprint density at radius 3 is 2.96 bits per heavy atom. The second-order valence-corrected chi connectivity index (χ2v) is 9.00. The number of ether oxygens (including phenoxy) is 1. The molecular weight excluding hydrogens is 328 g/mol. The minimum Gasteiger partial charge on any atom is -0.467 e. The molecule has 1 N–H and O–H groups in total. The van der Waals surface area contributed by atoms with Crippen LogP contribution in [0.15, 0.2) is 24.3 Å². The van der Waals surface area contributed by atoms with E-state index in [1.807, 2.05) is 12.1 Å². The first-order chi connectivity index (χ1) is 12.6. The van der Waals surface area contributed by atoms with Crippen molar-refractivity contribution in [3.05, 3.63) is 29.8 Å². The highest BCUT2D eigenvalue weighted by Crippen LogP contribution is 2.72. The Balaban J connectivity index is 1.71. The van der Waals surface area contributed by atoms with E-state index in [4.69, 9.17) is 4.74 Å². The standard InChI is InChI=1S/C21H24N2O3/c1-26-18(25)20-9-8-19-7-4-10-23-12-14(16(24)11-19)21(20,17(19)23)13-5-2-3-6-15(13)22-20/h2-3,5-6,14,17,22H,4,7-12H2,1H3/t14-,17-,19-,20+,21-/m1/s1. The highest BCUT2D eigenvalue weighted by molar-refractivity contribution is 5.98. The van der Waals surface area contributed by atoms with Crippen molar-refractivity contribution in [1.29, 1.82) is 0 Å². The van der Waals surface area contributed by atoms with Crippen LogP contribution in [0.1, 0.15) is 37.7 Å². The average Bonchev–Trinajstić information content (AvgIpc) is 3.14. The number of nitrogens with one attached hydrogen (secondary N) is 1. The number of carbonyl (C=O) groups is 2. The van der Waals surface area contributed by atoms with Gasteiger partial charge in [0.1, 0.15) is 11.3 Å². The summed E-state index contributed by atoms with van der Waals surface area (Å²) in [5, 5.41) is 3.60. The van der Waals surface area contributed by atoms with Gasteiger partial charge in [0, 0.05) is 30.6 Å². The third kappa shape index (κ3) is 1.33. The normalized spacial score (nSPS) is 44.9. The lowest BCUT2D eigenvalue weighted by Crippen LogP contribution is -2.75. The fourth-order valence-corrected chi connectivity index (χ4v) is 7.77. The molecule has 2 saturated carbocycles. The van der Waals surface area contributed by atoms with E-state index in [0.29, 0.717) is 12.2 Å². The molecule has 6 rings (SSSR count). The van der Waals surface area contributed by atoms with Crippen molar-refractivity contribution in [2.45, 2.75) is 49.1 Å². The number of para-hydroxylation sites is 1. The summed E-state index contributed by atoms with van der Waals surface area (Å²) >= 11 is 0. The summed E-state index contributed by atoms with van der Waals surface area (Å²) in [5.74, 6) is 0.0424. The molecular formula is C21H24N2O3. The smallest absolute Gasteiger partial charge is 0.332 e. The minimum absolute atomic E-state index is 0.0268. The SMILES string of the molecule is COC(=O)[C@@]12CC[C@]34CCCN5C[C@H](C(=O)C3)[C@]1(c1ccccc1N2)[C@H]54. The Hall–Kier alpha value is -1.88. The second-order valence-electron chi connectivity index (χ2n) is 9.00. The molecule has 5 aliphatic rings. The van der Waals surface area contributed by atoms with E-state index in [-0.39, 0.29) is 23.3 Å². The van der Waals surface area contributed by atoms with Gasteiger partial charge in [-0.3, -0.25) is 9.69 Å². The molecule has 3 aliphatic heterocycles. The summed E-state index contributed by atoms with van der Waals surface area (Å²) in [5.41, 5.74) is 0.915. The predicted molar refractivity (Wildman–Crippen MR) is 95.9 cm³/mol. The molecule has 0 amide bonds. The zero-order chi connectivity index (χ0) is 17.7. The number of fused-ring (bicyclic) bond motifs is 1. The van der Waals surface area contributed by atoms with E-state index in [1.54, 1.807) is 0 Å². The van der Waals surface area contributed by atoms with Gasteiger partial charge in [-0.05, 0) is 49.3 Å². The molecule has 1 aromatic carbocycles. The first-order valence-corrected chi connectivity index (χ1v) is 9.82. The molecule has 5 heteroatoms. The molecule has 1 spiro atoms. The molecule has 5 atom stereocenters. The monoisotopic (exact) mass is 352 g/mol. The van der Waals surface area contributed by atoms with Crippen LogP contribution in [-0.2, 0) is 19.7 Å². The summed E-state index contributed by atoms with van der Waals surface area (Å²) in [7, 11) is 1.48. The van der Waals surface area contributed by atoms with E-state index in [9.17, 15) is 9.59 Å². The first kappa shape index (κ1) is 15.2. The highest BCUT2D eigenvalue weighted by Gasteiger charge is 2.81. The number of piperidine rings is 1. The van der Waals surface area contributed by atoms with Gasteiger partial charge in [0.2, 0.25) is 0 Å². The molecule has 26 heavy (non-hydrogen) atoms. The van der Waals surface area contributed by atoms with Crippen molar-refractivity contribution in [2.75, 3.05) is 25.5 Å². The molecule has 136 valence electrons. The number of nitrogens with zero attached hydrogens (tertiary/aromatic N) is 1. The van der Waals surface area contributed by atoms with Crippen LogP contribution in [0.4, 0.5) is 5.69 Å². The number of benzene rings is 1. The van der Waals surface area contributed by atoms with Gasteiger partial charge in [0.05, 0.1) is 12.5 Å². The van der Waals surface area contributed by atoms with Gasteiger partial charge in [-0.1, -0.05) is 18.2 Å². The summed E-state index contributed by atoms with van der Waals surface area (Å²) in [4.78, 5) is 29.2. The van der Waals surface area contributed by atoms with Gasteiger partial charge < -0.3 is 10.1 Å². The fourth-order valence-electron chi connectivity index (χ4n) is 7.77. The summed E-state index contributed by atoms with van der Waals surface area (Å²) in [6.07, 6.45) is 4.63. The number of carbonyl (C=O) groups excluding carboxylic acids is 2. The molecule has 0 radical (unpaired) electrons. The van der Waals surface area contributed by atoms with Crippen LogP contribution >= 0.6 is 0 Å². The molecule has 4 bridgehead atoms. The van der Waals surface area contributed by atoms with Crippen LogP contribution in [0.5, 0.6) is 0 Å². The zero-order valence-electron chi connectivity index (χ0n) is 15.1. The topological polar surface area (TPSA) is 58.6 Å². The van der Waals surface area contributed by atoms with Crippen molar-refractivity contribution in [2.24, 2.45) is 11.3 Å². The van der Waals surface area contributed by atoms with Crippen LogP contribution in [0.3, 0.4) is 0 Å². The molecule has 2 aliphatic carbocycles.